The number of nitrogens with one attached hydrogen (secondary N) is 2. The lowest BCUT2D eigenvalue weighted by atomic mass is 9.78. The topological polar surface area (TPSA) is 37.0 Å². The standard InChI is InChI=1S/C14H21Cl2N3/c1-8-5-4-6-12(9(8)2)18-14-11(16)7-10(15)13(17-3)19-14/h7-9,12H,4-6H2,1-3H3,(H2,17,18,19). The van der Waals surface area contributed by atoms with Crippen LogP contribution in [0, 0.1) is 11.8 Å². The molecule has 0 aromatic carbocycles. The molecule has 3 unspecified atom stereocenters. The molecule has 0 radical (unpaired) electrons. The highest BCUT2D eigenvalue weighted by Gasteiger charge is 2.27. The summed E-state index contributed by atoms with van der Waals surface area (Å²) < 4.78 is 0. The van der Waals surface area contributed by atoms with Gasteiger partial charge < -0.3 is 10.6 Å². The Morgan fingerprint density at radius 2 is 1.84 bits per heavy atom. The number of pyridine rings is 1. The predicted molar refractivity (Wildman–Crippen MR) is 83.4 cm³/mol. The molecule has 0 spiro atoms. The Balaban J connectivity index is 2.18. The first-order valence-corrected chi connectivity index (χ1v) is 7.58. The number of aromatic nitrogens is 1. The lowest BCUT2D eigenvalue weighted by Gasteiger charge is -2.35. The number of nitrogens with zero attached hydrogens (tertiary/aromatic N) is 1. The van der Waals surface area contributed by atoms with Crippen LogP contribution >= 0.6 is 23.2 Å². The molecule has 0 saturated heterocycles. The second-order valence-corrected chi connectivity index (χ2v) is 6.23. The third-order valence-electron chi connectivity index (χ3n) is 4.20. The van der Waals surface area contributed by atoms with E-state index in [-0.39, 0.29) is 0 Å². The fraction of sp³-hybridized carbons (Fsp3) is 0.643. The van der Waals surface area contributed by atoms with Crippen molar-refractivity contribution >= 4 is 34.8 Å². The lowest BCUT2D eigenvalue weighted by Crippen LogP contribution is -2.35. The molecule has 2 N–H and O–H groups in total. The molecule has 106 valence electrons. The Hall–Kier alpha value is -0.670. The van der Waals surface area contributed by atoms with Crippen LogP contribution in [0.25, 0.3) is 0 Å². The van der Waals surface area contributed by atoms with Crippen LogP contribution in [0.1, 0.15) is 33.1 Å². The molecular formula is C14H21Cl2N3. The van der Waals surface area contributed by atoms with Crippen molar-refractivity contribution in [3.63, 3.8) is 0 Å². The third-order valence-corrected chi connectivity index (χ3v) is 4.77. The highest BCUT2D eigenvalue weighted by Crippen LogP contribution is 2.34. The van der Waals surface area contributed by atoms with Gasteiger partial charge in [0.15, 0.2) is 0 Å². The first-order chi connectivity index (χ1) is 9.02. The quantitative estimate of drug-likeness (QED) is 0.852. The first kappa shape index (κ1) is 14.7. The van der Waals surface area contributed by atoms with Gasteiger partial charge in [-0.1, -0.05) is 49.9 Å². The van der Waals surface area contributed by atoms with E-state index in [0.717, 1.165) is 11.7 Å². The minimum absolute atomic E-state index is 0.430. The van der Waals surface area contributed by atoms with E-state index in [1.54, 1.807) is 13.1 Å². The molecule has 1 aromatic heterocycles. The fourth-order valence-electron chi connectivity index (χ4n) is 2.70. The van der Waals surface area contributed by atoms with Crippen LogP contribution in [0.4, 0.5) is 11.6 Å². The van der Waals surface area contributed by atoms with Gasteiger partial charge in [0, 0.05) is 13.1 Å². The van der Waals surface area contributed by atoms with E-state index >= 15 is 0 Å². The zero-order chi connectivity index (χ0) is 14.0. The highest BCUT2D eigenvalue weighted by molar-refractivity contribution is 6.37. The fourth-order valence-corrected chi connectivity index (χ4v) is 3.21. The third kappa shape index (κ3) is 3.26. The number of hydrogen-bond acceptors (Lipinski definition) is 3. The Bertz CT molecular complexity index is 451. The molecule has 3 atom stereocenters. The second-order valence-electron chi connectivity index (χ2n) is 5.42. The molecule has 1 heterocycles. The molecule has 1 aliphatic rings. The average molecular weight is 302 g/mol. The van der Waals surface area contributed by atoms with Crippen LogP contribution < -0.4 is 10.6 Å². The zero-order valence-electron chi connectivity index (χ0n) is 11.6. The summed E-state index contributed by atoms with van der Waals surface area (Å²) in [6, 6.07) is 2.17. The van der Waals surface area contributed by atoms with Gasteiger partial charge in [-0.05, 0) is 24.3 Å². The minimum atomic E-state index is 0.430. The van der Waals surface area contributed by atoms with Gasteiger partial charge in [0.05, 0.1) is 10.0 Å². The summed E-state index contributed by atoms with van der Waals surface area (Å²) in [4.78, 5) is 4.46. The predicted octanol–water partition coefficient (Wildman–Crippen LogP) is 4.67. The van der Waals surface area contributed by atoms with E-state index in [1.807, 2.05) is 0 Å². The van der Waals surface area contributed by atoms with Crippen molar-refractivity contribution in [3.8, 4) is 0 Å². The second kappa shape index (κ2) is 6.19. The van der Waals surface area contributed by atoms with E-state index < -0.39 is 0 Å². The summed E-state index contributed by atoms with van der Waals surface area (Å²) in [5, 5.41) is 7.59. The summed E-state index contributed by atoms with van der Waals surface area (Å²) in [5.41, 5.74) is 0. The smallest absolute Gasteiger partial charge is 0.147 e. The summed E-state index contributed by atoms with van der Waals surface area (Å²) >= 11 is 12.3. The molecule has 0 amide bonds. The number of halogens is 2. The first-order valence-electron chi connectivity index (χ1n) is 6.83. The Kier molecular flexibility index (Phi) is 4.80. The molecule has 1 saturated carbocycles. The van der Waals surface area contributed by atoms with Crippen LogP contribution in [-0.4, -0.2) is 18.1 Å². The summed E-state index contributed by atoms with van der Waals surface area (Å²) in [6.07, 6.45) is 3.73. The number of anilines is 2. The molecule has 19 heavy (non-hydrogen) atoms. The number of hydrogen-bond donors (Lipinski definition) is 2. The van der Waals surface area contributed by atoms with Gasteiger partial charge in [0.25, 0.3) is 0 Å². The lowest BCUT2D eigenvalue weighted by molar-refractivity contribution is 0.253. The maximum Gasteiger partial charge on any atom is 0.147 e. The van der Waals surface area contributed by atoms with Crippen molar-refractivity contribution in [3.05, 3.63) is 16.1 Å². The largest absolute Gasteiger partial charge is 0.372 e. The van der Waals surface area contributed by atoms with Gasteiger partial charge in [-0.2, -0.15) is 0 Å². The van der Waals surface area contributed by atoms with Gasteiger partial charge in [-0.15, -0.1) is 0 Å². The Morgan fingerprint density at radius 1 is 1.16 bits per heavy atom. The van der Waals surface area contributed by atoms with E-state index in [9.17, 15) is 0 Å². The van der Waals surface area contributed by atoms with Gasteiger partial charge in [0.1, 0.15) is 11.6 Å². The van der Waals surface area contributed by atoms with Crippen LogP contribution in [0.2, 0.25) is 10.0 Å². The van der Waals surface area contributed by atoms with Gasteiger partial charge >= 0.3 is 0 Å². The van der Waals surface area contributed by atoms with Crippen molar-refractivity contribution in [2.45, 2.75) is 39.2 Å². The zero-order valence-corrected chi connectivity index (χ0v) is 13.1. The summed E-state index contributed by atoms with van der Waals surface area (Å²) in [6.45, 7) is 4.61. The van der Waals surface area contributed by atoms with Gasteiger partial charge in [-0.25, -0.2) is 4.98 Å². The van der Waals surface area contributed by atoms with Crippen molar-refractivity contribution < 1.29 is 0 Å². The van der Waals surface area contributed by atoms with Crippen LogP contribution in [0.3, 0.4) is 0 Å². The van der Waals surface area contributed by atoms with Gasteiger partial charge in [0.2, 0.25) is 0 Å². The minimum Gasteiger partial charge on any atom is -0.372 e. The highest BCUT2D eigenvalue weighted by atomic mass is 35.5. The molecule has 1 aliphatic carbocycles. The van der Waals surface area contributed by atoms with Crippen LogP contribution in [0.15, 0.2) is 6.07 Å². The average Bonchev–Trinajstić information content (AvgIpc) is 2.38. The number of rotatable bonds is 3. The van der Waals surface area contributed by atoms with E-state index in [1.165, 1.54) is 19.3 Å². The van der Waals surface area contributed by atoms with Gasteiger partial charge in [-0.3, -0.25) is 0 Å². The normalized spacial score (nSPS) is 27.1. The molecule has 0 aliphatic heterocycles. The van der Waals surface area contributed by atoms with E-state index in [4.69, 9.17) is 23.2 Å². The molecule has 1 fully saturated rings. The Morgan fingerprint density at radius 3 is 2.53 bits per heavy atom. The van der Waals surface area contributed by atoms with E-state index in [0.29, 0.717) is 27.8 Å². The van der Waals surface area contributed by atoms with Crippen LogP contribution in [0.5, 0.6) is 0 Å². The molecule has 0 bridgehead atoms. The summed E-state index contributed by atoms with van der Waals surface area (Å²) in [5.74, 6) is 2.74. The maximum absolute atomic E-state index is 6.22. The van der Waals surface area contributed by atoms with E-state index in [2.05, 4.69) is 29.5 Å². The maximum atomic E-state index is 6.22. The van der Waals surface area contributed by atoms with Crippen LogP contribution in [-0.2, 0) is 0 Å². The molecule has 1 aromatic rings. The summed E-state index contributed by atoms with van der Waals surface area (Å²) in [7, 11) is 1.80. The van der Waals surface area contributed by atoms with Crippen molar-refractivity contribution in [2.24, 2.45) is 11.8 Å². The monoisotopic (exact) mass is 301 g/mol. The molecular weight excluding hydrogens is 281 g/mol. The molecule has 3 nitrogen and oxygen atoms in total. The van der Waals surface area contributed by atoms with Crippen molar-refractivity contribution in [1.82, 2.24) is 4.98 Å². The molecule has 5 heteroatoms. The molecule has 2 rings (SSSR count). The van der Waals surface area contributed by atoms with Crippen molar-refractivity contribution in [1.29, 1.82) is 0 Å². The Labute approximate surface area is 125 Å². The SMILES string of the molecule is CNc1nc(NC2CCCC(C)C2C)c(Cl)cc1Cl. The van der Waals surface area contributed by atoms with Crippen molar-refractivity contribution in [2.75, 3.05) is 17.7 Å².